The van der Waals surface area contributed by atoms with E-state index in [0.29, 0.717) is 45.4 Å². The molecular weight excluding hydrogens is 405 g/mol. The molecule has 2 heterocycles. The van der Waals surface area contributed by atoms with Crippen molar-refractivity contribution in [1.82, 2.24) is 10.2 Å². The van der Waals surface area contributed by atoms with Gasteiger partial charge in [-0.3, -0.25) is 4.79 Å². The number of amides is 2. The fourth-order valence-electron chi connectivity index (χ4n) is 4.61. The fraction of sp³-hybridized carbons (Fsp3) is 0.600. The number of benzene rings is 1. The van der Waals surface area contributed by atoms with Gasteiger partial charge in [0.1, 0.15) is 6.61 Å². The molecule has 1 spiro atoms. The molecule has 0 atom stereocenters. The SMILES string of the molecule is COc1ccc(C2CCN(C(=O)[C@H]3C[C@]4(COC(=O)N4)C3)CC2)cc1OC(F)(F)F. The summed E-state index contributed by atoms with van der Waals surface area (Å²) in [6, 6.07) is 4.58. The molecule has 1 aromatic carbocycles. The lowest BCUT2D eigenvalue weighted by Gasteiger charge is -2.45. The highest BCUT2D eigenvalue weighted by Crippen LogP contribution is 2.42. The van der Waals surface area contributed by atoms with E-state index < -0.39 is 18.0 Å². The number of likely N-dealkylation sites (tertiary alicyclic amines) is 1. The molecule has 0 bridgehead atoms. The van der Waals surface area contributed by atoms with Gasteiger partial charge in [-0.1, -0.05) is 6.07 Å². The van der Waals surface area contributed by atoms with E-state index in [4.69, 9.17) is 9.47 Å². The highest BCUT2D eigenvalue weighted by atomic mass is 19.4. The molecule has 10 heteroatoms. The second-order valence-electron chi connectivity index (χ2n) is 8.14. The molecular formula is C20H23F3N2O5. The quantitative estimate of drug-likeness (QED) is 0.797. The first-order valence-electron chi connectivity index (χ1n) is 9.85. The number of hydrogen-bond acceptors (Lipinski definition) is 5. The van der Waals surface area contributed by atoms with Crippen LogP contribution in [-0.4, -0.2) is 55.6 Å². The number of nitrogens with zero attached hydrogens (tertiary/aromatic N) is 1. The minimum Gasteiger partial charge on any atom is -0.493 e. The monoisotopic (exact) mass is 428 g/mol. The number of halogens is 3. The van der Waals surface area contributed by atoms with Gasteiger partial charge in [0.25, 0.3) is 0 Å². The number of cyclic esters (lactones) is 1. The van der Waals surface area contributed by atoms with E-state index in [2.05, 4.69) is 10.1 Å². The molecule has 4 rings (SSSR count). The summed E-state index contributed by atoms with van der Waals surface area (Å²) in [6.07, 6.45) is -2.77. The second kappa shape index (κ2) is 7.55. The number of rotatable bonds is 4. The molecule has 3 fully saturated rings. The maximum absolute atomic E-state index is 12.8. The molecule has 1 saturated carbocycles. The zero-order chi connectivity index (χ0) is 21.5. The van der Waals surface area contributed by atoms with Gasteiger partial charge in [0.05, 0.1) is 12.6 Å². The Kier molecular flexibility index (Phi) is 5.19. The second-order valence-corrected chi connectivity index (χ2v) is 8.14. The fourth-order valence-corrected chi connectivity index (χ4v) is 4.61. The predicted octanol–water partition coefficient (Wildman–Crippen LogP) is 3.19. The molecule has 1 aliphatic carbocycles. The zero-order valence-electron chi connectivity index (χ0n) is 16.5. The van der Waals surface area contributed by atoms with Crippen LogP contribution in [0.15, 0.2) is 18.2 Å². The molecule has 0 aromatic heterocycles. The molecule has 1 N–H and O–H groups in total. The van der Waals surface area contributed by atoms with E-state index in [9.17, 15) is 22.8 Å². The number of hydrogen-bond donors (Lipinski definition) is 1. The van der Waals surface area contributed by atoms with E-state index in [1.54, 1.807) is 6.07 Å². The number of ether oxygens (including phenoxy) is 3. The van der Waals surface area contributed by atoms with Gasteiger partial charge in [0, 0.05) is 19.0 Å². The van der Waals surface area contributed by atoms with Gasteiger partial charge in [-0.05, 0) is 49.3 Å². The Morgan fingerprint density at radius 2 is 1.93 bits per heavy atom. The Hall–Kier alpha value is -2.65. The maximum Gasteiger partial charge on any atom is 0.573 e. The summed E-state index contributed by atoms with van der Waals surface area (Å²) in [4.78, 5) is 25.8. The molecule has 3 aliphatic rings. The summed E-state index contributed by atoms with van der Waals surface area (Å²) >= 11 is 0. The van der Waals surface area contributed by atoms with Gasteiger partial charge in [0.2, 0.25) is 5.91 Å². The molecule has 30 heavy (non-hydrogen) atoms. The average molecular weight is 428 g/mol. The minimum atomic E-state index is -4.80. The van der Waals surface area contributed by atoms with Crippen LogP contribution >= 0.6 is 0 Å². The van der Waals surface area contributed by atoms with Crippen molar-refractivity contribution in [1.29, 1.82) is 0 Å². The highest BCUT2D eigenvalue weighted by molar-refractivity contribution is 5.81. The zero-order valence-corrected chi connectivity index (χ0v) is 16.5. The van der Waals surface area contributed by atoms with Crippen molar-refractivity contribution in [3.63, 3.8) is 0 Å². The normalized spacial score (nSPS) is 26.7. The van der Waals surface area contributed by atoms with Crippen LogP contribution in [0.2, 0.25) is 0 Å². The van der Waals surface area contributed by atoms with Gasteiger partial charge >= 0.3 is 12.5 Å². The first kappa shape index (κ1) is 20.6. The first-order chi connectivity index (χ1) is 14.2. The Bertz CT molecular complexity index is 830. The standard InChI is InChI=1S/C20H23F3N2O5/c1-28-15-3-2-13(8-16(15)30-20(21,22)23)12-4-6-25(7-5-12)17(26)14-9-19(10-14)11-29-18(27)24-19/h2-3,8,12,14H,4-7,9-11H2,1H3,(H,24,27)/t14-,19+. The van der Waals surface area contributed by atoms with E-state index in [1.165, 1.54) is 19.2 Å². The third-order valence-electron chi connectivity index (χ3n) is 6.16. The van der Waals surface area contributed by atoms with Gasteiger partial charge in [-0.2, -0.15) is 0 Å². The molecule has 2 aliphatic heterocycles. The van der Waals surface area contributed by atoms with Crippen LogP contribution in [0.4, 0.5) is 18.0 Å². The van der Waals surface area contributed by atoms with Crippen LogP contribution in [0.25, 0.3) is 0 Å². The van der Waals surface area contributed by atoms with E-state index in [0.717, 1.165) is 5.56 Å². The number of alkyl halides is 3. The lowest BCUT2D eigenvalue weighted by molar-refractivity contribution is -0.275. The lowest BCUT2D eigenvalue weighted by atomic mass is 9.68. The summed E-state index contributed by atoms with van der Waals surface area (Å²) in [5, 5.41) is 2.78. The van der Waals surface area contributed by atoms with E-state index >= 15 is 0 Å². The number of alkyl carbamates (subject to hydrolysis) is 1. The Labute approximate surface area is 171 Å². The van der Waals surface area contributed by atoms with Crippen LogP contribution < -0.4 is 14.8 Å². The summed E-state index contributed by atoms with van der Waals surface area (Å²) in [7, 11) is 1.29. The van der Waals surface area contributed by atoms with Crippen molar-refractivity contribution in [2.24, 2.45) is 5.92 Å². The molecule has 1 aromatic rings. The van der Waals surface area contributed by atoms with Gasteiger partial charge in [-0.15, -0.1) is 13.2 Å². The van der Waals surface area contributed by atoms with Crippen LogP contribution in [-0.2, 0) is 9.53 Å². The molecule has 2 amide bonds. The third kappa shape index (κ3) is 4.13. The van der Waals surface area contributed by atoms with Crippen LogP contribution in [0.5, 0.6) is 11.5 Å². The van der Waals surface area contributed by atoms with Crippen molar-refractivity contribution in [2.75, 3.05) is 26.8 Å². The Balaban J connectivity index is 1.34. The maximum atomic E-state index is 12.8. The molecule has 2 saturated heterocycles. The molecule has 0 unspecified atom stereocenters. The molecule has 164 valence electrons. The van der Waals surface area contributed by atoms with E-state index in [1.807, 2.05) is 4.90 Å². The summed E-state index contributed by atoms with van der Waals surface area (Å²) in [6.45, 7) is 1.38. The number of carbonyl (C=O) groups is 2. The van der Waals surface area contributed by atoms with Crippen molar-refractivity contribution in [3.05, 3.63) is 23.8 Å². The summed E-state index contributed by atoms with van der Waals surface area (Å²) < 4.78 is 52.0. The topological polar surface area (TPSA) is 77.1 Å². The molecule has 0 radical (unpaired) electrons. The first-order valence-corrected chi connectivity index (χ1v) is 9.85. The van der Waals surface area contributed by atoms with Crippen molar-refractivity contribution < 1.29 is 37.0 Å². The van der Waals surface area contributed by atoms with Crippen LogP contribution in [0.3, 0.4) is 0 Å². The predicted molar refractivity (Wildman–Crippen MR) is 98.2 cm³/mol. The van der Waals surface area contributed by atoms with Crippen LogP contribution in [0, 0.1) is 5.92 Å². The van der Waals surface area contributed by atoms with Gasteiger partial charge in [0.15, 0.2) is 11.5 Å². The van der Waals surface area contributed by atoms with Crippen molar-refractivity contribution in [2.45, 2.75) is 43.5 Å². The van der Waals surface area contributed by atoms with Crippen molar-refractivity contribution in [3.8, 4) is 11.5 Å². The van der Waals surface area contributed by atoms with Gasteiger partial charge < -0.3 is 24.4 Å². The minimum absolute atomic E-state index is 0.0191. The number of carbonyl (C=O) groups excluding carboxylic acids is 2. The number of methoxy groups -OCH3 is 1. The van der Waals surface area contributed by atoms with Crippen molar-refractivity contribution >= 4 is 12.0 Å². The lowest BCUT2D eigenvalue weighted by Crippen LogP contribution is -2.58. The van der Waals surface area contributed by atoms with Crippen LogP contribution in [0.1, 0.15) is 37.2 Å². The largest absolute Gasteiger partial charge is 0.573 e. The smallest absolute Gasteiger partial charge is 0.493 e. The average Bonchev–Trinajstić information content (AvgIpc) is 3.07. The number of nitrogens with one attached hydrogen (secondary N) is 1. The Morgan fingerprint density at radius 1 is 1.23 bits per heavy atom. The van der Waals surface area contributed by atoms with Gasteiger partial charge in [-0.25, -0.2) is 4.79 Å². The summed E-state index contributed by atoms with van der Waals surface area (Å²) in [5.74, 6) is -0.370. The highest BCUT2D eigenvalue weighted by Gasteiger charge is 2.53. The molecule has 7 nitrogen and oxygen atoms in total. The summed E-state index contributed by atoms with van der Waals surface area (Å²) in [5.41, 5.74) is 0.337. The van der Waals surface area contributed by atoms with E-state index in [-0.39, 0.29) is 29.2 Å². The third-order valence-corrected chi connectivity index (χ3v) is 6.16. The number of piperidine rings is 1. The Morgan fingerprint density at radius 3 is 2.50 bits per heavy atom.